The van der Waals surface area contributed by atoms with Crippen LogP contribution in [0.2, 0.25) is 0 Å². The molecule has 1 saturated heterocycles. The van der Waals surface area contributed by atoms with Crippen LogP contribution in [-0.2, 0) is 11.3 Å². The Bertz CT molecular complexity index is 1300. The van der Waals surface area contributed by atoms with Crippen LogP contribution in [0.1, 0.15) is 26.3 Å². The lowest BCUT2D eigenvalue weighted by atomic mass is 9.94. The summed E-state index contributed by atoms with van der Waals surface area (Å²) in [4.78, 5) is 32.1. The third-order valence-corrected chi connectivity index (χ3v) is 7.45. The number of amides is 2. The van der Waals surface area contributed by atoms with Gasteiger partial charge in [0.1, 0.15) is 0 Å². The molecule has 0 bridgehead atoms. The summed E-state index contributed by atoms with van der Waals surface area (Å²) < 4.78 is 16.4. The van der Waals surface area contributed by atoms with Crippen molar-refractivity contribution in [2.24, 2.45) is 0 Å². The van der Waals surface area contributed by atoms with E-state index in [1.807, 2.05) is 42.5 Å². The summed E-state index contributed by atoms with van der Waals surface area (Å²) in [6.07, 6.45) is -0.582. The van der Waals surface area contributed by atoms with Crippen LogP contribution in [0, 0.1) is 0 Å². The van der Waals surface area contributed by atoms with Crippen LogP contribution in [0.3, 0.4) is 0 Å². The van der Waals surface area contributed by atoms with Gasteiger partial charge in [0, 0.05) is 62.3 Å². The number of fused-ring (bicyclic) bond motifs is 1. The molecule has 3 aromatic rings. The van der Waals surface area contributed by atoms with Gasteiger partial charge in [-0.2, -0.15) is 0 Å². The van der Waals surface area contributed by atoms with Crippen LogP contribution < -0.4 is 9.47 Å². The van der Waals surface area contributed by atoms with Gasteiger partial charge in [-0.1, -0.05) is 30.3 Å². The lowest BCUT2D eigenvalue weighted by Crippen LogP contribution is -2.51. The molecule has 0 aliphatic carbocycles. The summed E-state index contributed by atoms with van der Waals surface area (Å²) in [5, 5.41) is 12.1. The van der Waals surface area contributed by atoms with Crippen LogP contribution in [0.25, 0.3) is 10.8 Å². The second-order valence-electron chi connectivity index (χ2n) is 9.97. The molecule has 3 aromatic carbocycles. The molecule has 198 valence electrons. The highest BCUT2D eigenvalue weighted by atomic mass is 16.7. The van der Waals surface area contributed by atoms with E-state index in [2.05, 4.69) is 9.80 Å². The highest BCUT2D eigenvalue weighted by Crippen LogP contribution is 2.33. The van der Waals surface area contributed by atoms with Gasteiger partial charge in [-0.3, -0.25) is 24.3 Å². The summed E-state index contributed by atoms with van der Waals surface area (Å²) in [7, 11) is 0. The van der Waals surface area contributed by atoms with E-state index in [1.165, 1.54) is 4.90 Å². The smallest absolute Gasteiger partial charge is 0.261 e. The third-order valence-electron chi connectivity index (χ3n) is 7.45. The molecule has 3 heterocycles. The molecular formula is C29H31N3O6. The largest absolute Gasteiger partial charge is 0.454 e. The van der Waals surface area contributed by atoms with Crippen molar-refractivity contribution in [1.29, 1.82) is 0 Å². The van der Waals surface area contributed by atoms with Gasteiger partial charge in [0.15, 0.2) is 11.5 Å². The molecule has 0 radical (unpaired) electrons. The molecule has 1 fully saturated rings. The van der Waals surface area contributed by atoms with Crippen LogP contribution in [0.4, 0.5) is 0 Å². The average Bonchev–Trinajstić information content (AvgIpc) is 3.40. The Morgan fingerprint density at radius 3 is 2.26 bits per heavy atom. The number of ether oxygens (including phenoxy) is 3. The number of benzene rings is 3. The zero-order chi connectivity index (χ0) is 26.1. The van der Waals surface area contributed by atoms with E-state index in [0.717, 1.165) is 54.0 Å². The number of carbonyl (C=O) groups is 2. The number of aliphatic hydroxyl groups is 1. The molecule has 2 amide bonds. The van der Waals surface area contributed by atoms with E-state index in [-0.39, 0.29) is 25.2 Å². The molecule has 0 aromatic heterocycles. The van der Waals surface area contributed by atoms with Crippen molar-refractivity contribution < 1.29 is 28.9 Å². The van der Waals surface area contributed by atoms with Gasteiger partial charge in [0.25, 0.3) is 11.8 Å². The highest BCUT2D eigenvalue weighted by molar-refractivity contribution is 6.25. The van der Waals surface area contributed by atoms with Crippen LogP contribution in [0.15, 0.2) is 54.6 Å². The van der Waals surface area contributed by atoms with E-state index in [9.17, 15) is 14.7 Å². The third kappa shape index (κ3) is 4.98. The summed E-state index contributed by atoms with van der Waals surface area (Å²) in [5.74, 6) is 1.02. The Kier molecular flexibility index (Phi) is 6.99. The number of hydrogen-bond acceptors (Lipinski definition) is 8. The first kappa shape index (κ1) is 24.8. The Balaban J connectivity index is 0.941. The molecule has 3 aliphatic rings. The highest BCUT2D eigenvalue weighted by Gasteiger charge is 2.33. The molecule has 6 rings (SSSR count). The topological polar surface area (TPSA) is 91.8 Å². The lowest BCUT2D eigenvalue weighted by Gasteiger charge is -2.36. The first-order chi connectivity index (χ1) is 18.6. The standard InChI is InChI=1S/C29H31N3O6/c33-22(18-36-17-20-7-8-25-26(15-20)38-19-37-25)16-31-11-9-30(10-12-31)13-14-32-28(34)23-5-1-3-21-4-2-6-24(27(21)23)29(32)35/h1-8,15,22,33H,9-14,16-19H2/t22-/m1/s1. The fourth-order valence-electron chi connectivity index (χ4n) is 5.41. The minimum Gasteiger partial charge on any atom is -0.454 e. The molecule has 9 heteroatoms. The SMILES string of the molecule is O=C1c2cccc3cccc(c23)C(=O)N1CCN1CCN(C[C@@H](O)COCc2ccc3c(c2)OCO3)CC1. The number of imide groups is 1. The van der Waals surface area contributed by atoms with Crippen molar-refractivity contribution in [3.8, 4) is 11.5 Å². The zero-order valence-electron chi connectivity index (χ0n) is 21.2. The molecule has 0 spiro atoms. The molecule has 1 N–H and O–H groups in total. The van der Waals surface area contributed by atoms with E-state index in [1.54, 1.807) is 12.1 Å². The fourth-order valence-corrected chi connectivity index (χ4v) is 5.41. The maximum atomic E-state index is 13.1. The van der Waals surface area contributed by atoms with Crippen LogP contribution >= 0.6 is 0 Å². The molecule has 9 nitrogen and oxygen atoms in total. The van der Waals surface area contributed by atoms with Gasteiger partial charge < -0.3 is 19.3 Å². The predicted molar refractivity (Wildman–Crippen MR) is 140 cm³/mol. The van der Waals surface area contributed by atoms with Crippen LogP contribution in [0.5, 0.6) is 11.5 Å². The van der Waals surface area contributed by atoms with E-state index < -0.39 is 6.10 Å². The van der Waals surface area contributed by atoms with Crippen LogP contribution in [-0.4, -0.2) is 96.9 Å². The number of hydrogen-bond donors (Lipinski definition) is 1. The Morgan fingerprint density at radius 1 is 0.842 bits per heavy atom. The number of nitrogens with zero attached hydrogens (tertiary/aromatic N) is 3. The second kappa shape index (κ2) is 10.7. The van der Waals surface area contributed by atoms with E-state index >= 15 is 0 Å². The number of aliphatic hydroxyl groups excluding tert-OH is 1. The number of rotatable bonds is 9. The second-order valence-corrected chi connectivity index (χ2v) is 9.97. The summed E-state index contributed by atoms with van der Waals surface area (Å²) in [6.45, 7) is 5.66. The summed E-state index contributed by atoms with van der Waals surface area (Å²) >= 11 is 0. The van der Waals surface area contributed by atoms with Gasteiger partial charge in [-0.15, -0.1) is 0 Å². The van der Waals surface area contributed by atoms with Gasteiger partial charge >= 0.3 is 0 Å². The summed E-state index contributed by atoms with van der Waals surface area (Å²) in [6, 6.07) is 16.9. The van der Waals surface area contributed by atoms with Crippen molar-refractivity contribution >= 4 is 22.6 Å². The fraction of sp³-hybridized carbons (Fsp3) is 0.379. The van der Waals surface area contributed by atoms with Crippen molar-refractivity contribution in [3.63, 3.8) is 0 Å². The Morgan fingerprint density at radius 2 is 1.53 bits per heavy atom. The molecule has 1 atom stereocenters. The monoisotopic (exact) mass is 517 g/mol. The number of carbonyl (C=O) groups excluding carboxylic acids is 2. The Labute approximate surface area is 221 Å². The minimum atomic E-state index is -0.582. The van der Waals surface area contributed by atoms with E-state index in [0.29, 0.717) is 37.4 Å². The quantitative estimate of drug-likeness (QED) is 0.433. The van der Waals surface area contributed by atoms with Crippen molar-refractivity contribution in [1.82, 2.24) is 14.7 Å². The zero-order valence-corrected chi connectivity index (χ0v) is 21.2. The van der Waals surface area contributed by atoms with E-state index in [4.69, 9.17) is 14.2 Å². The molecule has 0 saturated carbocycles. The van der Waals surface area contributed by atoms with Crippen molar-refractivity contribution in [2.75, 3.05) is 59.2 Å². The molecule has 3 aliphatic heterocycles. The molecule has 0 unspecified atom stereocenters. The van der Waals surface area contributed by atoms with Crippen molar-refractivity contribution in [3.05, 3.63) is 71.3 Å². The molecular weight excluding hydrogens is 486 g/mol. The first-order valence-corrected chi connectivity index (χ1v) is 13.0. The molecule has 38 heavy (non-hydrogen) atoms. The normalized spacial score (nSPS) is 18.4. The predicted octanol–water partition coefficient (Wildman–Crippen LogP) is 2.36. The van der Waals surface area contributed by atoms with Gasteiger partial charge in [0.2, 0.25) is 6.79 Å². The summed E-state index contributed by atoms with van der Waals surface area (Å²) in [5.41, 5.74) is 2.16. The van der Waals surface area contributed by atoms with Crippen molar-refractivity contribution in [2.45, 2.75) is 12.7 Å². The average molecular weight is 518 g/mol. The number of β-amino-alcohol motifs (C(OH)–C–C–N with tert-alkyl or cyclic N) is 1. The maximum Gasteiger partial charge on any atom is 0.261 e. The van der Waals surface area contributed by atoms with Gasteiger partial charge in [-0.05, 0) is 35.2 Å². The minimum absolute atomic E-state index is 0.221. The lowest BCUT2D eigenvalue weighted by molar-refractivity contribution is 0.000939. The van der Waals surface area contributed by atoms with Gasteiger partial charge in [-0.25, -0.2) is 0 Å². The Hall–Kier alpha value is -3.50. The number of piperazine rings is 1. The first-order valence-electron chi connectivity index (χ1n) is 13.0. The maximum absolute atomic E-state index is 13.1. The van der Waals surface area contributed by atoms with Gasteiger partial charge in [0.05, 0.1) is 19.3 Å².